The Labute approximate surface area is 98.6 Å². The van der Waals surface area contributed by atoms with E-state index in [2.05, 4.69) is 26.8 Å². The molecule has 0 spiro atoms. The van der Waals surface area contributed by atoms with Gasteiger partial charge in [-0.05, 0) is 55.1 Å². The standard InChI is InChI=1S/C15H22O/c1-15(2,3)10-12-8-9-13(14(12)16)11-6-4-5-7-11/h10H,4-9H2,1-3H3. The lowest BCUT2D eigenvalue weighted by molar-refractivity contribution is -0.111. The summed E-state index contributed by atoms with van der Waals surface area (Å²) in [5, 5.41) is 0. The third kappa shape index (κ3) is 2.45. The summed E-state index contributed by atoms with van der Waals surface area (Å²) in [7, 11) is 0. The fourth-order valence-electron chi connectivity index (χ4n) is 2.78. The number of Topliss-reactive ketones (excluding diaryl/α,β-unsaturated/α-hetero) is 1. The molecule has 2 saturated carbocycles. The van der Waals surface area contributed by atoms with Crippen LogP contribution in [0.15, 0.2) is 22.8 Å². The lowest BCUT2D eigenvalue weighted by atomic mass is 9.92. The van der Waals surface area contributed by atoms with Gasteiger partial charge in [-0.2, -0.15) is 0 Å². The van der Waals surface area contributed by atoms with Crippen LogP contribution in [-0.4, -0.2) is 5.78 Å². The van der Waals surface area contributed by atoms with Gasteiger partial charge in [0, 0.05) is 0 Å². The van der Waals surface area contributed by atoms with Gasteiger partial charge in [-0.3, -0.25) is 4.79 Å². The highest BCUT2D eigenvalue weighted by Crippen LogP contribution is 2.36. The molecule has 2 aliphatic rings. The second kappa shape index (κ2) is 4.20. The van der Waals surface area contributed by atoms with Crippen molar-refractivity contribution in [2.45, 2.75) is 59.3 Å². The molecule has 0 aromatic rings. The highest BCUT2D eigenvalue weighted by Gasteiger charge is 2.28. The fourth-order valence-corrected chi connectivity index (χ4v) is 2.78. The summed E-state index contributed by atoms with van der Waals surface area (Å²) < 4.78 is 0. The molecule has 2 aliphatic carbocycles. The molecular weight excluding hydrogens is 196 g/mol. The monoisotopic (exact) mass is 218 g/mol. The van der Waals surface area contributed by atoms with E-state index in [9.17, 15) is 4.79 Å². The van der Waals surface area contributed by atoms with Crippen molar-refractivity contribution in [1.29, 1.82) is 0 Å². The number of hydrogen-bond donors (Lipinski definition) is 0. The zero-order chi connectivity index (χ0) is 11.8. The molecule has 0 aliphatic heterocycles. The van der Waals surface area contributed by atoms with E-state index in [1.165, 1.54) is 31.3 Å². The van der Waals surface area contributed by atoms with Crippen molar-refractivity contribution in [1.82, 2.24) is 0 Å². The minimum atomic E-state index is 0.126. The summed E-state index contributed by atoms with van der Waals surface area (Å²) in [5.41, 5.74) is 3.80. The molecule has 0 unspecified atom stereocenters. The normalized spacial score (nSPS) is 24.9. The molecule has 0 aromatic carbocycles. The van der Waals surface area contributed by atoms with Gasteiger partial charge in [-0.1, -0.05) is 32.4 Å². The summed E-state index contributed by atoms with van der Waals surface area (Å²) in [6.45, 7) is 6.48. The van der Waals surface area contributed by atoms with Gasteiger partial charge in [-0.15, -0.1) is 0 Å². The Morgan fingerprint density at radius 3 is 2.19 bits per heavy atom. The third-order valence-corrected chi connectivity index (χ3v) is 3.45. The molecule has 16 heavy (non-hydrogen) atoms. The third-order valence-electron chi connectivity index (χ3n) is 3.45. The molecule has 0 heterocycles. The molecule has 1 heteroatoms. The van der Waals surface area contributed by atoms with Crippen LogP contribution in [0.1, 0.15) is 59.3 Å². The Kier molecular flexibility index (Phi) is 3.05. The van der Waals surface area contributed by atoms with Crippen LogP contribution >= 0.6 is 0 Å². The minimum Gasteiger partial charge on any atom is -0.289 e. The molecule has 0 N–H and O–H groups in total. The van der Waals surface area contributed by atoms with E-state index in [1.54, 1.807) is 0 Å². The van der Waals surface area contributed by atoms with Crippen LogP contribution < -0.4 is 0 Å². The van der Waals surface area contributed by atoms with Gasteiger partial charge in [0.05, 0.1) is 0 Å². The van der Waals surface area contributed by atoms with Gasteiger partial charge in [0.25, 0.3) is 0 Å². The molecule has 88 valence electrons. The highest BCUT2D eigenvalue weighted by molar-refractivity contribution is 6.11. The van der Waals surface area contributed by atoms with Crippen molar-refractivity contribution in [3.8, 4) is 0 Å². The first-order chi connectivity index (χ1) is 7.47. The fraction of sp³-hybridized carbons (Fsp3) is 0.667. The number of carbonyl (C=O) groups excluding carboxylic acids is 1. The molecule has 1 nitrogen and oxygen atoms in total. The average molecular weight is 218 g/mol. The Hall–Kier alpha value is -0.850. The van der Waals surface area contributed by atoms with Crippen LogP contribution in [0.5, 0.6) is 0 Å². The smallest absolute Gasteiger partial charge is 0.184 e. The SMILES string of the molecule is CC(C)(C)C=C1CCC(=C2CCCC2)C1=O. The second-order valence-corrected chi connectivity index (χ2v) is 6.15. The van der Waals surface area contributed by atoms with Gasteiger partial charge in [0.1, 0.15) is 0 Å². The van der Waals surface area contributed by atoms with E-state index in [-0.39, 0.29) is 5.41 Å². The maximum absolute atomic E-state index is 12.2. The van der Waals surface area contributed by atoms with Crippen LogP contribution in [0.4, 0.5) is 0 Å². The van der Waals surface area contributed by atoms with Gasteiger partial charge < -0.3 is 0 Å². The molecule has 0 amide bonds. The zero-order valence-corrected chi connectivity index (χ0v) is 10.7. The van der Waals surface area contributed by atoms with Crippen molar-refractivity contribution in [3.05, 3.63) is 22.8 Å². The van der Waals surface area contributed by atoms with E-state index in [0.29, 0.717) is 5.78 Å². The number of hydrogen-bond acceptors (Lipinski definition) is 1. The maximum Gasteiger partial charge on any atom is 0.184 e. The molecule has 0 atom stereocenters. The van der Waals surface area contributed by atoms with Gasteiger partial charge in [0.15, 0.2) is 5.78 Å². The summed E-state index contributed by atoms with van der Waals surface area (Å²) in [4.78, 5) is 12.2. The van der Waals surface area contributed by atoms with Gasteiger partial charge >= 0.3 is 0 Å². The zero-order valence-electron chi connectivity index (χ0n) is 10.7. The van der Waals surface area contributed by atoms with Crippen LogP contribution in [0, 0.1) is 5.41 Å². The van der Waals surface area contributed by atoms with Gasteiger partial charge in [-0.25, -0.2) is 0 Å². The first kappa shape index (κ1) is 11.6. The predicted molar refractivity (Wildman–Crippen MR) is 67.3 cm³/mol. The molecule has 0 radical (unpaired) electrons. The summed E-state index contributed by atoms with van der Waals surface area (Å²) in [5.74, 6) is 0.354. The Morgan fingerprint density at radius 2 is 1.62 bits per heavy atom. The highest BCUT2D eigenvalue weighted by atomic mass is 16.1. The van der Waals surface area contributed by atoms with E-state index < -0.39 is 0 Å². The van der Waals surface area contributed by atoms with E-state index in [4.69, 9.17) is 0 Å². The predicted octanol–water partition coefficient (Wildman–Crippen LogP) is 4.19. The number of allylic oxidation sites excluding steroid dienone is 4. The van der Waals surface area contributed by atoms with Crippen LogP contribution in [0.2, 0.25) is 0 Å². The van der Waals surface area contributed by atoms with Crippen molar-refractivity contribution >= 4 is 5.78 Å². The van der Waals surface area contributed by atoms with Crippen LogP contribution in [0.25, 0.3) is 0 Å². The van der Waals surface area contributed by atoms with E-state index in [0.717, 1.165) is 24.0 Å². The molecule has 0 saturated heterocycles. The Balaban J connectivity index is 2.23. The van der Waals surface area contributed by atoms with Crippen molar-refractivity contribution in [2.24, 2.45) is 5.41 Å². The lowest BCUT2D eigenvalue weighted by Gasteiger charge is -2.12. The maximum atomic E-state index is 12.2. The van der Waals surface area contributed by atoms with Gasteiger partial charge in [0.2, 0.25) is 0 Å². The average Bonchev–Trinajstić information content (AvgIpc) is 2.75. The Morgan fingerprint density at radius 1 is 1.00 bits per heavy atom. The molecule has 2 fully saturated rings. The molecule has 0 bridgehead atoms. The van der Waals surface area contributed by atoms with Crippen molar-refractivity contribution < 1.29 is 4.79 Å². The van der Waals surface area contributed by atoms with E-state index in [1.807, 2.05) is 0 Å². The Bertz CT molecular complexity index is 355. The minimum absolute atomic E-state index is 0.126. The quantitative estimate of drug-likeness (QED) is 0.557. The van der Waals surface area contributed by atoms with E-state index >= 15 is 0 Å². The van der Waals surface area contributed by atoms with Crippen LogP contribution in [-0.2, 0) is 4.79 Å². The first-order valence-corrected chi connectivity index (χ1v) is 6.45. The summed E-state index contributed by atoms with van der Waals surface area (Å²) >= 11 is 0. The number of rotatable bonds is 0. The summed E-state index contributed by atoms with van der Waals surface area (Å²) in [6, 6.07) is 0. The topological polar surface area (TPSA) is 17.1 Å². The second-order valence-electron chi connectivity index (χ2n) is 6.15. The van der Waals surface area contributed by atoms with Crippen molar-refractivity contribution in [2.75, 3.05) is 0 Å². The number of carbonyl (C=O) groups is 1. The molecular formula is C15H22O. The first-order valence-electron chi connectivity index (χ1n) is 6.45. The van der Waals surface area contributed by atoms with Crippen molar-refractivity contribution in [3.63, 3.8) is 0 Å². The number of ketones is 1. The molecule has 2 rings (SSSR count). The molecule has 0 aromatic heterocycles. The lowest BCUT2D eigenvalue weighted by Crippen LogP contribution is -2.05. The summed E-state index contributed by atoms with van der Waals surface area (Å²) in [6.07, 6.45) is 9.03. The largest absolute Gasteiger partial charge is 0.289 e. The van der Waals surface area contributed by atoms with Crippen LogP contribution in [0.3, 0.4) is 0 Å².